The molecule has 0 aliphatic heterocycles. The molecule has 0 aliphatic carbocycles. The zero-order valence-corrected chi connectivity index (χ0v) is 10.2. The predicted molar refractivity (Wildman–Crippen MR) is 62.8 cm³/mol. The summed E-state index contributed by atoms with van der Waals surface area (Å²) in [5, 5.41) is 0. The monoisotopic (exact) mass is 233 g/mol. The first-order chi connectivity index (χ1) is 8.10. The molecule has 5 heteroatoms. The molecule has 2 aromatic rings. The van der Waals surface area contributed by atoms with Crippen LogP contribution in [0.3, 0.4) is 0 Å². The Morgan fingerprint density at radius 2 is 2.18 bits per heavy atom. The van der Waals surface area contributed by atoms with E-state index in [1.54, 1.807) is 6.92 Å². The lowest BCUT2D eigenvalue weighted by Crippen LogP contribution is -2.07. The van der Waals surface area contributed by atoms with Gasteiger partial charge in [-0.05, 0) is 20.8 Å². The lowest BCUT2D eigenvalue weighted by Gasteiger charge is -1.99. The topological polar surface area (TPSA) is 56.5 Å². The van der Waals surface area contributed by atoms with E-state index in [1.807, 2.05) is 30.5 Å². The van der Waals surface area contributed by atoms with Gasteiger partial charge in [-0.15, -0.1) is 0 Å². The van der Waals surface area contributed by atoms with Crippen LogP contribution in [0, 0.1) is 13.8 Å². The van der Waals surface area contributed by atoms with Crippen molar-refractivity contribution in [2.75, 3.05) is 6.61 Å². The molecule has 0 N–H and O–H groups in total. The van der Waals surface area contributed by atoms with Gasteiger partial charge in [-0.2, -0.15) is 0 Å². The maximum atomic E-state index is 11.4. The molecule has 0 bridgehead atoms. The summed E-state index contributed by atoms with van der Waals surface area (Å²) in [5.74, 6) is 0.612. The predicted octanol–water partition coefficient (Wildman–Crippen LogP) is 1.45. The summed E-state index contributed by atoms with van der Waals surface area (Å²) in [6, 6.07) is 1.89. The Bertz CT molecular complexity index is 560. The van der Waals surface area contributed by atoms with Crippen molar-refractivity contribution in [1.82, 2.24) is 14.4 Å². The largest absolute Gasteiger partial charge is 0.466 e. The van der Waals surface area contributed by atoms with Crippen LogP contribution in [-0.4, -0.2) is 26.9 Å². The molecule has 0 fully saturated rings. The molecule has 0 saturated heterocycles. The Balaban J connectivity index is 2.32. The van der Waals surface area contributed by atoms with E-state index in [1.165, 1.54) is 0 Å². The normalized spacial score (nSPS) is 10.8. The summed E-state index contributed by atoms with van der Waals surface area (Å²) in [5.41, 5.74) is 2.44. The second-order valence-corrected chi connectivity index (χ2v) is 3.89. The lowest BCUT2D eigenvalue weighted by molar-refractivity contribution is -0.142. The van der Waals surface area contributed by atoms with E-state index in [0.29, 0.717) is 12.3 Å². The van der Waals surface area contributed by atoms with Gasteiger partial charge >= 0.3 is 5.97 Å². The summed E-state index contributed by atoms with van der Waals surface area (Å²) in [4.78, 5) is 20.1. The first-order valence-electron chi connectivity index (χ1n) is 5.58. The number of fused-ring (bicyclic) bond motifs is 1. The Labute approximate surface area is 99.5 Å². The Kier molecular flexibility index (Phi) is 3.08. The van der Waals surface area contributed by atoms with Crippen molar-refractivity contribution in [3.05, 3.63) is 29.5 Å². The van der Waals surface area contributed by atoms with Crippen molar-refractivity contribution in [3.8, 4) is 0 Å². The molecule has 0 aromatic carbocycles. The number of aryl methyl sites for hydroxylation is 2. The summed E-state index contributed by atoms with van der Waals surface area (Å²) >= 11 is 0. The SMILES string of the molecule is CCOC(=O)Cc1cn2c(C)nc(C)cc2n1. The third-order valence-corrected chi connectivity index (χ3v) is 2.44. The van der Waals surface area contributed by atoms with Crippen LogP contribution in [0.1, 0.15) is 24.1 Å². The van der Waals surface area contributed by atoms with Crippen LogP contribution in [0.5, 0.6) is 0 Å². The van der Waals surface area contributed by atoms with Crippen LogP contribution < -0.4 is 0 Å². The first-order valence-corrected chi connectivity index (χ1v) is 5.58. The molecule has 2 aromatic heterocycles. The van der Waals surface area contributed by atoms with Gasteiger partial charge in [0.25, 0.3) is 0 Å². The Morgan fingerprint density at radius 1 is 1.41 bits per heavy atom. The second-order valence-electron chi connectivity index (χ2n) is 3.89. The van der Waals surface area contributed by atoms with Gasteiger partial charge in [-0.3, -0.25) is 9.20 Å². The number of carbonyl (C=O) groups is 1. The van der Waals surface area contributed by atoms with Crippen LogP contribution in [-0.2, 0) is 16.0 Å². The summed E-state index contributed by atoms with van der Waals surface area (Å²) in [6.07, 6.45) is 2.03. The second kappa shape index (κ2) is 4.53. The number of hydrogen-bond acceptors (Lipinski definition) is 4. The number of hydrogen-bond donors (Lipinski definition) is 0. The van der Waals surface area contributed by atoms with E-state index >= 15 is 0 Å². The van der Waals surface area contributed by atoms with Gasteiger partial charge in [0.15, 0.2) is 0 Å². The van der Waals surface area contributed by atoms with Gasteiger partial charge < -0.3 is 4.74 Å². The highest BCUT2D eigenvalue weighted by atomic mass is 16.5. The minimum atomic E-state index is -0.252. The number of ether oxygens (including phenoxy) is 1. The van der Waals surface area contributed by atoms with Gasteiger partial charge in [-0.1, -0.05) is 0 Å². The maximum absolute atomic E-state index is 11.4. The van der Waals surface area contributed by atoms with Crippen LogP contribution in [0.4, 0.5) is 0 Å². The Hall–Kier alpha value is -1.91. The van der Waals surface area contributed by atoms with Crippen molar-refractivity contribution in [3.63, 3.8) is 0 Å². The van der Waals surface area contributed by atoms with Gasteiger partial charge in [0, 0.05) is 18.0 Å². The lowest BCUT2D eigenvalue weighted by atomic mass is 10.3. The highest BCUT2D eigenvalue weighted by Gasteiger charge is 2.09. The van der Waals surface area contributed by atoms with E-state index in [-0.39, 0.29) is 12.4 Å². The molecule has 90 valence electrons. The number of nitrogens with zero attached hydrogens (tertiary/aromatic N) is 3. The van der Waals surface area contributed by atoms with Crippen LogP contribution in [0.15, 0.2) is 12.3 Å². The van der Waals surface area contributed by atoms with Gasteiger partial charge in [0.1, 0.15) is 11.5 Å². The zero-order chi connectivity index (χ0) is 12.4. The fourth-order valence-corrected chi connectivity index (χ4v) is 1.78. The molecule has 2 heterocycles. The van der Waals surface area contributed by atoms with Crippen molar-refractivity contribution >= 4 is 11.6 Å². The molecule has 0 radical (unpaired) electrons. The smallest absolute Gasteiger partial charge is 0.311 e. The minimum absolute atomic E-state index is 0.202. The molecular weight excluding hydrogens is 218 g/mol. The molecule has 0 unspecified atom stereocenters. The highest BCUT2D eigenvalue weighted by Crippen LogP contribution is 2.09. The molecule has 17 heavy (non-hydrogen) atoms. The number of carbonyl (C=O) groups excluding carboxylic acids is 1. The molecular formula is C12H15N3O2. The fraction of sp³-hybridized carbons (Fsp3) is 0.417. The van der Waals surface area contributed by atoms with Crippen molar-refractivity contribution in [2.45, 2.75) is 27.2 Å². The molecule has 0 amide bonds. The van der Waals surface area contributed by atoms with Gasteiger partial charge in [0.2, 0.25) is 0 Å². The molecule has 0 spiro atoms. The first kappa shape index (κ1) is 11.6. The van der Waals surface area contributed by atoms with E-state index in [0.717, 1.165) is 17.2 Å². The van der Waals surface area contributed by atoms with Crippen molar-refractivity contribution in [1.29, 1.82) is 0 Å². The van der Waals surface area contributed by atoms with Crippen molar-refractivity contribution < 1.29 is 9.53 Å². The average Bonchev–Trinajstić information content (AvgIpc) is 2.60. The molecule has 0 atom stereocenters. The average molecular weight is 233 g/mol. The van der Waals surface area contributed by atoms with E-state index in [4.69, 9.17) is 4.74 Å². The van der Waals surface area contributed by atoms with Crippen LogP contribution in [0.2, 0.25) is 0 Å². The quantitative estimate of drug-likeness (QED) is 0.753. The van der Waals surface area contributed by atoms with E-state index in [9.17, 15) is 4.79 Å². The third-order valence-electron chi connectivity index (χ3n) is 2.44. The summed E-state index contributed by atoms with van der Waals surface area (Å²) in [6.45, 7) is 6.02. The van der Waals surface area contributed by atoms with Crippen LogP contribution in [0.25, 0.3) is 5.65 Å². The number of aromatic nitrogens is 3. The third kappa shape index (κ3) is 2.43. The standard InChI is InChI=1S/C12H15N3O2/c1-4-17-12(16)6-10-7-15-9(3)13-8(2)5-11(15)14-10/h5,7H,4,6H2,1-3H3. The molecule has 5 nitrogen and oxygen atoms in total. The van der Waals surface area contributed by atoms with Crippen molar-refractivity contribution in [2.24, 2.45) is 0 Å². The molecule has 0 saturated carbocycles. The molecule has 2 rings (SSSR count). The maximum Gasteiger partial charge on any atom is 0.311 e. The highest BCUT2D eigenvalue weighted by molar-refractivity contribution is 5.72. The van der Waals surface area contributed by atoms with E-state index < -0.39 is 0 Å². The Morgan fingerprint density at radius 3 is 2.88 bits per heavy atom. The molecule has 0 aliphatic rings. The van der Waals surface area contributed by atoms with E-state index in [2.05, 4.69) is 9.97 Å². The zero-order valence-electron chi connectivity index (χ0n) is 10.2. The van der Waals surface area contributed by atoms with Crippen LogP contribution >= 0.6 is 0 Å². The summed E-state index contributed by atoms with van der Waals surface area (Å²) < 4.78 is 6.77. The summed E-state index contributed by atoms with van der Waals surface area (Å²) in [7, 11) is 0. The van der Waals surface area contributed by atoms with Gasteiger partial charge in [0.05, 0.1) is 18.7 Å². The fourth-order valence-electron chi connectivity index (χ4n) is 1.78. The number of esters is 1. The minimum Gasteiger partial charge on any atom is -0.466 e. The number of imidazole rings is 1. The van der Waals surface area contributed by atoms with Gasteiger partial charge in [-0.25, -0.2) is 9.97 Å². The number of rotatable bonds is 3.